The number of nitrogens with zero attached hydrogens (tertiary/aromatic N) is 1. The van der Waals surface area contributed by atoms with E-state index >= 15 is 0 Å². The van der Waals surface area contributed by atoms with E-state index in [4.69, 9.17) is 11.7 Å². The first kappa shape index (κ1) is 10.3. The van der Waals surface area contributed by atoms with Crippen LogP contribution in [0.15, 0.2) is 15.9 Å². The molecule has 0 saturated carbocycles. The van der Waals surface area contributed by atoms with E-state index in [0.717, 1.165) is 9.35 Å². The largest absolute Gasteiger partial charge is 0.287 e. The second-order valence-corrected chi connectivity index (χ2v) is 4.08. The van der Waals surface area contributed by atoms with Crippen LogP contribution in [0, 0.1) is 23.7 Å². The Hall–Kier alpha value is -0.810. The molecule has 0 bridgehead atoms. The van der Waals surface area contributed by atoms with E-state index in [1.54, 1.807) is 0 Å². The standard InChI is InChI=1S/C9H7BrN2S/c1-2-4-12-8(6-11)9-7(10)3-5-13-9/h1,3,5,8,12H,4H2. The van der Waals surface area contributed by atoms with Crippen LogP contribution in [0.5, 0.6) is 0 Å². The molecular weight excluding hydrogens is 248 g/mol. The Morgan fingerprint density at radius 2 is 2.54 bits per heavy atom. The predicted octanol–water partition coefficient (Wildman–Crippen LogP) is 2.30. The number of nitrogens with one attached hydrogen (secondary N) is 1. The van der Waals surface area contributed by atoms with Crippen molar-refractivity contribution in [2.75, 3.05) is 6.54 Å². The summed E-state index contributed by atoms with van der Waals surface area (Å²) in [7, 11) is 0. The van der Waals surface area contributed by atoms with Crippen LogP contribution in [-0.4, -0.2) is 6.54 Å². The Kier molecular flexibility index (Phi) is 3.98. The van der Waals surface area contributed by atoms with Gasteiger partial charge in [0.05, 0.1) is 17.5 Å². The lowest BCUT2D eigenvalue weighted by atomic mass is 10.2. The minimum atomic E-state index is -0.314. The lowest BCUT2D eigenvalue weighted by Gasteiger charge is -2.06. The van der Waals surface area contributed by atoms with Crippen molar-refractivity contribution in [2.45, 2.75) is 6.04 Å². The highest BCUT2D eigenvalue weighted by atomic mass is 79.9. The van der Waals surface area contributed by atoms with Crippen LogP contribution in [0.2, 0.25) is 0 Å². The van der Waals surface area contributed by atoms with Gasteiger partial charge in [0.1, 0.15) is 6.04 Å². The second-order valence-electron chi connectivity index (χ2n) is 2.28. The van der Waals surface area contributed by atoms with Crippen molar-refractivity contribution < 1.29 is 0 Å². The molecular formula is C9H7BrN2S. The molecule has 1 unspecified atom stereocenters. The molecule has 0 amide bonds. The zero-order valence-electron chi connectivity index (χ0n) is 6.75. The maximum Gasteiger partial charge on any atom is 0.132 e. The van der Waals surface area contributed by atoms with Crippen molar-refractivity contribution in [3.8, 4) is 18.4 Å². The molecule has 0 aliphatic rings. The molecule has 1 N–H and O–H groups in total. The molecule has 2 nitrogen and oxygen atoms in total. The topological polar surface area (TPSA) is 35.8 Å². The lowest BCUT2D eigenvalue weighted by Crippen LogP contribution is -2.19. The SMILES string of the molecule is C#CCNC(C#N)c1sccc1Br. The Labute approximate surface area is 89.7 Å². The van der Waals surface area contributed by atoms with E-state index in [1.165, 1.54) is 11.3 Å². The third-order valence-electron chi connectivity index (χ3n) is 1.44. The van der Waals surface area contributed by atoms with Gasteiger partial charge in [0.25, 0.3) is 0 Å². The molecule has 1 aromatic rings. The number of rotatable bonds is 3. The molecule has 0 saturated heterocycles. The molecule has 13 heavy (non-hydrogen) atoms. The summed E-state index contributed by atoms with van der Waals surface area (Å²) < 4.78 is 0.952. The smallest absolute Gasteiger partial charge is 0.132 e. The fourth-order valence-electron chi connectivity index (χ4n) is 0.869. The van der Waals surface area contributed by atoms with Gasteiger partial charge in [-0.05, 0) is 27.4 Å². The summed E-state index contributed by atoms with van der Waals surface area (Å²) in [4.78, 5) is 0.970. The third kappa shape index (κ3) is 2.57. The highest BCUT2D eigenvalue weighted by Crippen LogP contribution is 2.28. The van der Waals surface area contributed by atoms with Gasteiger partial charge in [-0.25, -0.2) is 0 Å². The minimum Gasteiger partial charge on any atom is -0.287 e. The molecule has 0 spiro atoms. The highest BCUT2D eigenvalue weighted by molar-refractivity contribution is 9.10. The molecule has 1 aromatic heterocycles. The fraction of sp³-hybridized carbons (Fsp3) is 0.222. The van der Waals surface area contributed by atoms with Crippen molar-refractivity contribution in [1.29, 1.82) is 5.26 Å². The zero-order chi connectivity index (χ0) is 9.68. The third-order valence-corrected chi connectivity index (χ3v) is 3.38. The number of thiophene rings is 1. The van der Waals surface area contributed by atoms with Crippen LogP contribution < -0.4 is 5.32 Å². The van der Waals surface area contributed by atoms with Gasteiger partial charge in [-0.2, -0.15) is 5.26 Å². The number of hydrogen-bond donors (Lipinski definition) is 1. The maximum atomic E-state index is 8.85. The van der Waals surface area contributed by atoms with Gasteiger partial charge in [0.2, 0.25) is 0 Å². The molecule has 0 aliphatic carbocycles. The van der Waals surface area contributed by atoms with Gasteiger partial charge in [-0.1, -0.05) is 5.92 Å². The monoisotopic (exact) mass is 254 g/mol. The fourth-order valence-corrected chi connectivity index (χ4v) is 2.49. The first-order valence-corrected chi connectivity index (χ1v) is 5.26. The summed E-state index contributed by atoms with van der Waals surface area (Å²) in [6.07, 6.45) is 5.09. The normalized spacial score (nSPS) is 11.6. The van der Waals surface area contributed by atoms with Gasteiger partial charge < -0.3 is 0 Å². The van der Waals surface area contributed by atoms with Crippen molar-refractivity contribution in [3.05, 3.63) is 20.8 Å². The van der Waals surface area contributed by atoms with Gasteiger partial charge >= 0.3 is 0 Å². The quantitative estimate of drug-likeness (QED) is 0.841. The molecule has 66 valence electrons. The van der Waals surface area contributed by atoms with Crippen molar-refractivity contribution >= 4 is 27.3 Å². The molecule has 0 fully saturated rings. The van der Waals surface area contributed by atoms with Gasteiger partial charge in [0, 0.05) is 4.47 Å². The van der Waals surface area contributed by atoms with E-state index in [9.17, 15) is 0 Å². The molecule has 4 heteroatoms. The molecule has 0 radical (unpaired) electrons. The average Bonchev–Trinajstić information content (AvgIpc) is 2.54. The summed E-state index contributed by atoms with van der Waals surface area (Å²) in [5.74, 6) is 2.44. The van der Waals surface area contributed by atoms with E-state index < -0.39 is 0 Å². The number of halogens is 1. The van der Waals surface area contributed by atoms with Crippen LogP contribution >= 0.6 is 27.3 Å². The Morgan fingerprint density at radius 3 is 3.00 bits per heavy atom. The first-order chi connectivity index (χ1) is 6.29. The average molecular weight is 255 g/mol. The Balaban J connectivity index is 2.75. The Bertz CT molecular complexity index is 358. The van der Waals surface area contributed by atoms with Crippen LogP contribution in [-0.2, 0) is 0 Å². The minimum absolute atomic E-state index is 0.314. The van der Waals surface area contributed by atoms with E-state index in [2.05, 4.69) is 33.2 Å². The Morgan fingerprint density at radius 1 is 1.77 bits per heavy atom. The van der Waals surface area contributed by atoms with Gasteiger partial charge in [-0.3, -0.25) is 5.32 Å². The second kappa shape index (κ2) is 5.04. The number of hydrogen-bond acceptors (Lipinski definition) is 3. The van der Waals surface area contributed by atoms with Crippen molar-refractivity contribution in [2.24, 2.45) is 0 Å². The molecule has 1 heterocycles. The lowest BCUT2D eigenvalue weighted by molar-refractivity contribution is 0.699. The predicted molar refractivity (Wildman–Crippen MR) is 57.2 cm³/mol. The maximum absolute atomic E-state index is 8.85. The molecule has 1 rings (SSSR count). The summed E-state index contributed by atoms with van der Waals surface area (Å²) >= 11 is 4.90. The molecule has 0 aliphatic heterocycles. The molecule has 0 aromatic carbocycles. The number of terminal acetylenes is 1. The van der Waals surface area contributed by atoms with E-state index in [1.807, 2.05) is 11.4 Å². The summed E-state index contributed by atoms with van der Waals surface area (Å²) in [6, 6.07) is 3.76. The summed E-state index contributed by atoms with van der Waals surface area (Å²) in [5.41, 5.74) is 0. The van der Waals surface area contributed by atoms with Crippen LogP contribution in [0.3, 0.4) is 0 Å². The van der Waals surface area contributed by atoms with Crippen LogP contribution in [0.1, 0.15) is 10.9 Å². The summed E-state index contributed by atoms with van der Waals surface area (Å²) in [6.45, 7) is 0.405. The van der Waals surface area contributed by atoms with Gasteiger partial charge in [-0.15, -0.1) is 17.8 Å². The summed E-state index contributed by atoms with van der Waals surface area (Å²) in [5, 5.41) is 13.7. The number of nitriles is 1. The molecule has 1 atom stereocenters. The first-order valence-electron chi connectivity index (χ1n) is 3.59. The van der Waals surface area contributed by atoms with Gasteiger partial charge in [0.15, 0.2) is 0 Å². The van der Waals surface area contributed by atoms with E-state index in [0.29, 0.717) is 6.54 Å². The van der Waals surface area contributed by atoms with Crippen molar-refractivity contribution in [3.63, 3.8) is 0 Å². The highest BCUT2D eigenvalue weighted by Gasteiger charge is 2.13. The van der Waals surface area contributed by atoms with Crippen molar-refractivity contribution in [1.82, 2.24) is 5.32 Å². The van der Waals surface area contributed by atoms with E-state index in [-0.39, 0.29) is 6.04 Å². The van der Waals surface area contributed by atoms with Crippen LogP contribution in [0.25, 0.3) is 0 Å². The van der Waals surface area contributed by atoms with Crippen LogP contribution in [0.4, 0.5) is 0 Å². The zero-order valence-corrected chi connectivity index (χ0v) is 9.15.